The molecular formula is C10H9F3N2. The number of H-pyrrole nitrogens is 1. The summed E-state index contributed by atoms with van der Waals surface area (Å²) in [5.41, 5.74) is 0.571. The van der Waals surface area contributed by atoms with Crippen molar-refractivity contribution in [1.82, 2.24) is 10.2 Å². The summed E-state index contributed by atoms with van der Waals surface area (Å²) in [7, 11) is 0. The van der Waals surface area contributed by atoms with Crippen molar-refractivity contribution in [2.24, 2.45) is 0 Å². The number of benzene rings is 1. The van der Waals surface area contributed by atoms with Crippen LogP contribution < -0.4 is 0 Å². The highest BCUT2D eigenvalue weighted by atomic mass is 19.4. The first-order valence-electron chi connectivity index (χ1n) is 4.56. The zero-order valence-corrected chi connectivity index (χ0v) is 8.02. The molecule has 1 aromatic heterocycles. The van der Waals surface area contributed by atoms with E-state index in [1.807, 2.05) is 6.92 Å². The average Bonchev–Trinajstić information content (AvgIpc) is 2.58. The van der Waals surface area contributed by atoms with Crippen LogP contribution in [-0.2, 0) is 12.6 Å². The van der Waals surface area contributed by atoms with Crippen molar-refractivity contribution in [2.45, 2.75) is 19.5 Å². The standard InChI is InChI=1S/C10H9F3N2/c1-2-8-7-4-3-6(10(11,12)13)5-9(7)15-14-8/h3-5H,2H2,1H3,(H,14,15). The molecule has 0 aliphatic rings. The normalized spacial score (nSPS) is 12.3. The maximum Gasteiger partial charge on any atom is 0.416 e. The Kier molecular flexibility index (Phi) is 2.17. The molecule has 0 saturated heterocycles. The van der Waals surface area contributed by atoms with Gasteiger partial charge in [-0.3, -0.25) is 5.10 Å². The van der Waals surface area contributed by atoms with Crippen LogP contribution in [0.5, 0.6) is 0 Å². The molecule has 1 aromatic carbocycles. The van der Waals surface area contributed by atoms with Crippen LogP contribution >= 0.6 is 0 Å². The summed E-state index contributed by atoms with van der Waals surface area (Å²) in [6, 6.07) is 3.62. The summed E-state index contributed by atoms with van der Waals surface area (Å²) in [6.45, 7) is 1.91. The predicted octanol–water partition coefficient (Wildman–Crippen LogP) is 3.14. The molecule has 0 unspecified atom stereocenters. The van der Waals surface area contributed by atoms with Gasteiger partial charge in [0.05, 0.1) is 16.8 Å². The Morgan fingerprint density at radius 3 is 2.67 bits per heavy atom. The topological polar surface area (TPSA) is 28.7 Å². The summed E-state index contributed by atoms with van der Waals surface area (Å²) in [5, 5.41) is 7.30. The maximum atomic E-state index is 12.4. The number of halogens is 3. The van der Waals surface area contributed by atoms with Gasteiger partial charge in [0.25, 0.3) is 0 Å². The minimum atomic E-state index is -4.30. The van der Waals surface area contributed by atoms with Crippen molar-refractivity contribution in [1.29, 1.82) is 0 Å². The largest absolute Gasteiger partial charge is 0.416 e. The lowest BCUT2D eigenvalue weighted by atomic mass is 10.1. The number of hydrogen-bond acceptors (Lipinski definition) is 1. The van der Waals surface area contributed by atoms with Crippen LogP contribution in [-0.4, -0.2) is 10.2 Å². The van der Waals surface area contributed by atoms with E-state index in [4.69, 9.17) is 0 Å². The van der Waals surface area contributed by atoms with Crippen LogP contribution in [0.1, 0.15) is 18.2 Å². The molecule has 0 bridgehead atoms. The fourth-order valence-electron chi connectivity index (χ4n) is 1.52. The second-order valence-electron chi connectivity index (χ2n) is 3.28. The van der Waals surface area contributed by atoms with Gasteiger partial charge in [0.2, 0.25) is 0 Å². The van der Waals surface area contributed by atoms with Gasteiger partial charge in [0.1, 0.15) is 0 Å². The maximum absolute atomic E-state index is 12.4. The van der Waals surface area contributed by atoms with Gasteiger partial charge in [-0.05, 0) is 18.6 Å². The number of fused-ring (bicyclic) bond motifs is 1. The van der Waals surface area contributed by atoms with E-state index in [0.29, 0.717) is 11.9 Å². The van der Waals surface area contributed by atoms with E-state index in [1.165, 1.54) is 6.07 Å². The SMILES string of the molecule is CCc1n[nH]c2cc(C(F)(F)F)ccc12. The van der Waals surface area contributed by atoms with Crippen molar-refractivity contribution in [3.63, 3.8) is 0 Å². The Morgan fingerprint density at radius 1 is 1.33 bits per heavy atom. The highest BCUT2D eigenvalue weighted by molar-refractivity contribution is 5.82. The molecule has 80 valence electrons. The summed E-state index contributed by atoms with van der Waals surface area (Å²) in [4.78, 5) is 0. The van der Waals surface area contributed by atoms with E-state index in [1.54, 1.807) is 0 Å². The van der Waals surface area contributed by atoms with Gasteiger partial charge in [-0.1, -0.05) is 13.0 Å². The van der Waals surface area contributed by atoms with Crippen LogP contribution in [0.3, 0.4) is 0 Å². The molecule has 0 fully saturated rings. The van der Waals surface area contributed by atoms with Gasteiger partial charge in [-0.2, -0.15) is 18.3 Å². The molecule has 0 spiro atoms. The highest BCUT2D eigenvalue weighted by Gasteiger charge is 2.30. The van der Waals surface area contributed by atoms with E-state index < -0.39 is 11.7 Å². The van der Waals surface area contributed by atoms with Crippen molar-refractivity contribution >= 4 is 10.9 Å². The number of aromatic nitrogens is 2. The molecule has 5 heteroatoms. The lowest BCUT2D eigenvalue weighted by molar-refractivity contribution is -0.137. The molecule has 2 rings (SSSR count). The van der Waals surface area contributed by atoms with Gasteiger partial charge < -0.3 is 0 Å². The molecule has 0 saturated carbocycles. The van der Waals surface area contributed by atoms with Crippen LogP contribution in [0.2, 0.25) is 0 Å². The summed E-state index contributed by atoms with van der Waals surface area (Å²) < 4.78 is 37.1. The van der Waals surface area contributed by atoms with Gasteiger partial charge in [-0.25, -0.2) is 0 Å². The molecule has 0 amide bonds. The van der Waals surface area contributed by atoms with E-state index in [2.05, 4.69) is 10.2 Å². The van der Waals surface area contributed by atoms with Crippen molar-refractivity contribution in [3.8, 4) is 0 Å². The minimum Gasteiger partial charge on any atom is -0.278 e. The molecule has 0 aliphatic heterocycles. The molecule has 2 aromatic rings. The van der Waals surface area contributed by atoms with Crippen LogP contribution in [0.4, 0.5) is 13.2 Å². The molecule has 0 aliphatic carbocycles. The van der Waals surface area contributed by atoms with Gasteiger partial charge in [0.15, 0.2) is 0 Å². The second-order valence-corrected chi connectivity index (χ2v) is 3.28. The third-order valence-corrected chi connectivity index (χ3v) is 2.30. The highest BCUT2D eigenvalue weighted by Crippen LogP contribution is 2.31. The molecular weight excluding hydrogens is 205 g/mol. The zero-order chi connectivity index (χ0) is 11.1. The van der Waals surface area contributed by atoms with Crippen LogP contribution in [0, 0.1) is 0 Å². The van der Waals surface area contributed by atoms with E-state index in [9.17, 15) is 13.2 Å². The van der Waals surface area contributed by atoms with Crippen molar-refractivity contribution < 1.29 is 13.2 Å². The summed E-state index contributed by atoms with van der Waals surface area (Å²) in [5.74, 6) is 0. The quantitative estimate of drug-likeness (QED) is 0.776. The molecule has 1 heterocycles. The number of aromatic amines is 1. The van der Waals surface area contributed by atoms with Gasteiger partial charge in [-0.15, -0.1) is 0 Å². The number of aryl methyl sites for hydroxylation is 1. The lowest BCUT2D eigenvalue weighted by Gasteiger charge is -2.05. The minimum absolute atomic E-state index is 0.432. The molecule has 0 atom stereocenters. The Morgan fingerprint density at radius 2 is 2.07 bits per heavy atom. The Hall–Kier alpha value is -1.52. The monoisotopic (exact) mass is 214 g/mol. The van der Waals surface area contributed by atoms with Crippen LogP contribution in [0.25, 0.3) is 10.9 Å². The fraction of sp³-hybridized carbons (Fsp3) is 0.300. The number of nitrogens with zero attached hydrogens (tertiary/aromatic N) is 1. The zero-order valence-electron chi connectivity index (χ0n) is 8.02. The third-order valence-electron chi connectivity index (χ3n) is 2.30. The Labute approximate surface area is 84.1 Å². The number of hydrogen-bond donors (Lipinski definition) is 1. The molecule has 2 nitrogen and oxygen atoms in total. The van der Waals surface area contributed by atoms with E-state index >= 15 is 0 Å². The number of nitrogens with one attached hydrogen (secondary N) is 1. The fourth-order valence-corrected chi connectivity index (χ4v) is 1.52. The predicted molar refractivity (Wildman–Crippen MR) is 50.5 cm³/mol. The van der Waals surface area contributed by atoms with Crippen LogP contribution in [0.15, 0.2) is 18.2 Å². The first-order valence-corrected chi connectivity index (χ1v) is 4.56. The first kappa shape index (κ1) is 10.0. The number of alkyl halides is 3. The molecule has 0 radical (unpaired) electrons. The van der Waals surface area contributed by atoms with E-state index in [-0.39, 0.29) is 0 Å². The van der Waals surface area contributed by atoms with Crippen molar-refractivity contribution in [2.75, 3.05) is 0 Å². The Bertz CT molecular complexity index is 485. The van der Waals surface area contributed by atoms with Gasteiger partial charge >= 0.3 is 6.18 Å². The second kappa shape index (κ2) is 3.25. The molecule has 1 N–H and O–H groups in total. The van der Waals surface area contributed by atoms with Gasteiger partial charge in [0, 0.05) is 5.39 Å². The summed E-state index contributed by atoms with van der Waals surface area (Å²) >= 11 is 0. The third kappa shape index (κ3) is 1.69. The van der Waals surface area contributed by atoms with Crippen molar-refractivity contribution in [3.05, 3.63) is 29.5 Å². The Balaban J connectivity index is 2.58. The van der Waals surface area contributed by atoms with E-state index in [0.717, 1.165) is 23.2 Å². The first-order chi connectivity index (χ1) is 7.02. The molecule has 15 heavy (non-hydrogen) atoms. The lowest BCUT2D eigenvalue weighted by Crippen LogP contribution is -2.04. The number of rotatable bonds is 1. The smallest absolute Gasteiger partial charge is 0.278 e. The average molecular weight is 214 g/mol. The summed E-state index contributed by atoms with van der Waals surface area (Å²) in [6.07, 6.45) is -3.60.